The van der Waals surface area contributed by atoms with Crippen molar-refractivity contribution >= 4 is 58.2 Å². The van der Waals surface area contributed by atoms with E-state index in [0.717, 1.165) is 22.2 Å². The number of carbonyl (C=O) groups excluding carboxylic acids is 3. The van der Waals surface area contributed by atoms with Gasteiger partial charge in [-0.2, -0.15) is 0 Å². The maximum absolute atomic E-state index is 12.7. The molecule has 2 aromatic rings. The molecule has 0 aromatic heterocycles. The summed E-state index contributed by atoms with van der Waals surface area (Å²) in [5, 5.41) is 0.370. The first-order valence-corrected chi connectivity index (χ1v) is 11.5. The normalized spacial score (nSPS) is 15.7. The molecule has 1 fully saturated rings. The Morgan fingerprint density at radius 1 is 1.09 bits per heavy atom. The highest BCUT2D eigenvalue weighted by molar-refractivity contribution is 8.18. The van der Waals surface area contributed by atoms with Crippen molar-refractivity contribution in [2.45, 2.75) is 26.5 Å². The Kier molecular flexibility index (Phi) is 8.29. The topological polar surface area (TPSA) is 82.1 Å². The summed E-state index contributed by atoms with van der Waals surface area (Å²) >= 11 is 12.8. The van der Waals surface area contributed by atoms with Gasteiger partial charge in [0.05, 0.1) is 28.7 Å². The summed E-state index contributed by atoms with van der Waals surface area (Å²) in [6.07, 6.45) is 1.57. The van der Waals surface area contributed by atoms with Crippen LogP contribution in [0.1, 0.15) is 25.0 Å². The van der Waals surface area contributed by atoms with E-state index >= 15 is 0 Å². The molecular formula is C23H21Cl2NO6S. The molecule has 0 N–H and O–H groups in total. The van der Waals surface area contributed by atoms with Gasteiger partial charge >= 0.3 is 5.97 Å². The lowest BCUT2D eigenvalue weighted by atomic mass is 10.1. The molecule has 7 nitrogen and oxygen atoms in total. The number of esters is 1. The van der Waals surface area contributed by atoms with E-state index in [4.69, 9.17) is 32.7 Å². The highest BCUT2D eigenvalue weighted by Gasteiger charge is 2.41. The Labute approximate surface area is 205 Å². The number of nitrogens with zero attached hydrogens (tertiary/aromatic N) is 1. The quantitative estimate of drug-likeness (QED) is 0.339. The number of benzene rings is 2. The van der Waals surface area contributed by atoms with Gasteiger partial charge in [-0.05, 0) is 67.1 Å². The van der Waals surface area contributed by atoms with Gasteiger partial charge in [-0.25, -0.2) is 4.79 Å². The molecule has 1 saturated heterocycles. The van der Waals surface area contributed by atoms with Crippen LogP contribution in [0.3, 0.4) is 0 Å². The monoisotopic (exact) mass is 509 g/mol. The summed E-state index contributed by atoms with van der Waals surface area (Å²) in [6.45, 7) is 3.94. The smallest absolute Gasteiger partial charge is 0.328 e. The van der Waals surface area contributed by atoms with Crippen molar-refractivity contribution in [1.29, 1.82) is 0 Å². The summed E-state index contributed by atoms with van der Waals surface area (Å²) < 4.78 is 16.2. The Balaban J connectivity index is 1.80. The standard InChI is InChI=1S/C23H21Cl2NO6S/c1-4-31-19-10-14(6-8-18(19)32-12-15-5-7-16(24)17(25)9-15)11-20-21(27)26(23(29)33-20)13(2)22(28)30-3/h5-11,13H,4,12H2,1-3H3/b20-11+/t13-/m0/s1. The molecule has 0 radical (unpaired) electrons. The van der Waals surface area contributed by atoms with Crippen LogP contribution in [0.15, 0.2) is 41.3 Å². The van der Waals surface area contributed by atoms with Gasteiger partial charge in [0, 0.05) is 0 Å². The van der Waals surface area contributed by atoms with Gasteiger partial charge in [0.1, 0.15) is 12.6 Å². The number of hydrogen-bond donors (Lipinski definition) is 0. The molecule has 0 bridgehead atoms. The van der Waals surface area contributed by atoms with E-state index in [9.17, 15) is 14.4 Å². The molecule has 3 rings (SSSR count). The number of methoxy groups -OCH3 is 1. The summed E-state index contributed by atoms with van der Waals surface area (Å²) in [5.41, 5.74) is 1.47. The molecule has 1 heterocycles. The van der Waals surface area contributed by atoms with Gasteiger partial charge in [-0.3, -0.25) is 14.5 Å². The Morgan fingerprint density at radius 2 is 1.85 bits per heavy atom. The fourth-order valence-electron chi connectivity index (χ4n) is 3.03. The molecule has 1 atom stereocenters. The SMILES string of the molecule is CCOc1cc(/C=C2/SC(=O)N([C@@H](C)C(=O)OC)C2=O)ccc1OCc1ccc(Cl)c(Cl)c1. The lowest BCUT2D eigenvalue weighted by Crippen LogP contribution is -2.42. The average Bonchev–Trinajstić information content (AvgIpc) is 3.07. The van der Waals surface area contributed by atoms with E-state index in [1.807, 2.05) is 13.0 Å². The summed E-state index contributed by atoms with van der Waals surface area (Å²) in [4.78, 5) is 37.8. The van der Waals surface area contributed by atoms with Gasteiger partial charge in [-0.15, -0.1) is 0 Å². The second-order valence-corrected chi connectivity index (χ2v) is 8.73. The maximum atomic E-state index is 12.7. The molecule has 1 aliphatic rings. The van der Waals surface area contributed by atoms with Crippen molar-refractivity contribution in [3.63, 3.8) is 0 Å². The van der Waals surface area contributed by atoms with Crippen molar-refractivity contribution in [3.8, 4) is 11.5 Å². The van der Waals surface area contributed by atoms with Gasteiger partial charge in [0.15, 0.2) is 11.5 Å². The third-order valence-electron chi connectivity index (χ3n) is 4.70. The number of carbonyl (C=O) groups is 3. The van der Waals surface area contributed by atoms with Crippen LogP contribution in [0.2, 0.25) is 10.0 Å². The molecule has 0 spiro atoms. The van der Waals surface area contributed by atoms with Crippen LogP contribution in [0.25, 0.3) is 6.08 Å². The zero-order valence-corrected chi connectivity index (χ0v) is 20.4. The average molecular weight is 510 g/mol. The van der Waals surface area contributed by atoms with E-state index < -0.39 is 23.2 Å². The van der Waals surface area contributed by atoms with Crippen molar-refractivity contribution < 1.29 is 28.6 Å². The maximum Gasteiger partial charge on any atom is 0.328 e. The van der Waals surface area contributed by atoms with Crippen LogP contribution in [0.5, 0.6) is 11.5 Å². The van der Waals surface area contributed by atoms with Crippen molar-refractivity contribution in [1.82, 2.24) is 4.90 Å². The van der Waals surface area contributed by atoms with Crippen LogP contribution in [-0.4, -0.2) is 41.8 Å². The Bertz CT molecular complexity index is 1120. The number of halogens is 2. The Hall–Kier alpha value is -2.68. The van der Waals surface area contributed by atoms with E-state index in [-0.39, 0.29) is 11.5 Å². The van der Waals surface area contributed by atoms with Crippen molar-refractivity contribution in [2.24, 2.45) is 0 Å². The number of imide groups is 1. The molecule has 1 aliphatic heterocycles. The van der Waals surface area contributed by atoms with Crippen LogP contribution in [-0.2, 0) is 20.9 Å². The molecule has 33 heavy (non-hydrogen) atoms. The second-order valence-electron chi connectivity index (χ2n) is 6.93. The molecule has 2 amide bonds. The third-order valence-corrected chi connectivity index (χ3v) is 6.32. The fraction of sp³-hybridized carbons (Fsp3) is 0.261. The minimum Gasteiger partial charge on any atom is -0.490 e. The first-order chi connectivity index (χ1) is 15.7. The zero-order chi connectivity index (χ0) is 24.1. The first-order valence-electron chi connectivity index (χ1n) is 9.93. The largest absolute Gasteiger partial charge is 0.490 e. The molecule has 174 valence electrons. The van der Waals surface area contributed by atoms with E-state index in [1.54, 1.807) is 36.4 Å². The molecule has 2 aromatic carbocycles. The predicted octanol–water partition coefficient (Wildman–Crippen LogP) is 5.57. The van der Waals surface area contributed by atoms with Gasteiger partial charge < -0.3 is 14.2 Å². The van der Waals surface area contributed by atoms with Gasteiger partial charge in [0.2, 0.25) is 0 Å². The Morgan fingerprint density at radius 3 is 2.52 bits per heavy atom. The van der Waals surface area contributed by atoms with Crippen LogP contribution in [0, 0.1) is 0 Å². The molecule has 0 unspecified atom stereocenters. The minimum absolute atomic E-state index is 0.197. The number of amides is 2. The predicted molar refractivity (Wildman–Crippen MR) is 128 cm³/mol. The van der Waals surface area contributed by atoms with Crippen LogP contribution < -0.4 is 9.47 Å². The number of thioether (sulfide) groups is 1. The van der Waals surface area contributed by atoms with E-state index in [2.05, 4.69) is 4.74 Å². The minimum atomic E-state index is -1.01. The van der Waals surface area contributed by atoms with Crippen molar-refractivity contribution in [2.75, 3.05) is 13.7 Å². The van der Waals surface area contributed by atoms with E-state index in [0.29, 0.717) is 33.7 Å². The lowest BCUT2D eigenvalue weighted by Gasteiger charge is -2.18. The fourth-order valence-corrected chi connectivity index (χ4v) is 4.26. The highest BCUT2D eigenvalue weighted by atomic mass is 35.5. The van der Waals surface area contributed by atoms with E-state index in [1.165, 1.54) is 14.0 Å². The molecule has 0 saturated carbocycles. The molecule has 0 aliphatic carbocycles. The van der Waals surface area contributed by atoms with Crippen LogP contribution in [0.4, 0.5) is 4.79 Å². The number of rotatable bonds is 8. The van der Waals surface area contributed by atoms with Crippen LogP contribution >= 0.6 is 35.0 Å². The second kappa shape index (κ2) is 11.0. The lowest BCUT2D eigenvalue weighted by molar-refractivity contribution is -0.148. The summed E-state index contributed by atoms with van der Waals surface area (Å²) in [6, 6.07) is 9.40. The zero-order valence-electron chi connectivity index (χ0n) is 18.1. The molecule has 10 heteroatoms. The number of hydrogen-bond acceptors (Lipinski definition) is 7. The highest BCUT2D eigenvalue weighted by Crippen LogP contribution is 2.36. The van der Waals surface area contributed by atoms with Gasteiger partial charge in [0.25, 0.3) is 11.1 Å². The summed E-state index contributed by atoms with van der Waals surface area (Å²) in [5.74, 6) is -0.234. The third kappa shape index (κ3) is 5.82. The van der Waals surface area contributed by atoms with Gasteiger partial charge in [-0.1, -0.05) is 35.3 Å². The number of ether oxygens (including phenoxy) is 3. The first kappa shape index (κ1) is 25.0. The van der Waals surface area contributed by atoms with Crippen molar-refractivity contribution in [3.05, 3.63) is 62.5 Å². The molecular weight excluding hydrogens is 489 g/mol. The summed E-state index contributed by atoms with van der Waals surface area (Å²) in [7, 11) is 1.20.